The summed E-state index contributed by atoms with van der Waals surface area (Å²) in [5, 5.41) is 18.0. The fraction of sp³-hybridized carbons (Fsp3) is 1.00. The number of hydrogen-bond donors (Lipinski definition) is 2. The molecule has 1 aliphatic rings. The molecule has 2 heteroatoms. The van der Waals surface area contributed by atoms with Gasteiger partial charge in [-0.25, -0.2) is 0 Å². The molecule has 2 nitrogen and oxygen atoms in total. The largest absolute Gasteiger partial charge is 0.368 e. The van der Waals surface area contributed by atoms with Crippen LogP contribution >= 0.6 is 0 Å². The third kappa shape index (κ3) is 5.87. The summed E-state index contributed by atoms with van der Waals surface area (Å²) >= 11 is 0. The van der Waals surface area contributed by atoms with Crippen molar-refractivity contribution in [2.24, 2.45) is 17.8 Å². The van der Waals surface area contributed by atoms with Crippen LogP contribution in [0, 0.1) is 17.8 Å². The Labute approximate surface area is 106 Å². The van der Waals surface area contributed by atoms with Crippen LogP contribution in [-0.2, 0) is 0 Å². The van der Waals surface area contributed by atoms with Crippen LogP contribution in [0.2, 0.25) is 0 Å². The quantitative estimate of drug-likeness (QED) is 0.722. The minimum Gasteiger partial charge on any atom is -0.368 e. The van der Waals surface area contributed by atoms with Crippen molar-refractivity contribution in [2.75, 3.05) is 0 Å². The monoisotopic (exact) mass is 242 g/mol. The molecule has 0 aromatic heterocycles. The predicted octanol–water partition coefficient (Wildman–Crippen LogP) is 3.71. The molecule has 1 fully saturated rings. The first-order chi connectivity index (χ1) is 8.13. The first kappa shape index (κ1) is 15.0. The van der Waals surface area contributed by atoms with Crippen LogP contribution in [-0.4, -0.2) is 16.5 Å². The van der Waals surface area contributed by atoms with Crippen LogP contribution in [0.5, 0.6) is 0 Å². The highest BCUT2D eigenvalue weighted by Gasteiger charge is 2.23. The Morgan fingerprint density at radius 3 is 2.41 bits per heavy atom. The molecule has 3 atom stereocenters. The fourth-order valence-corrected chi connectivity index (χ4v) is 3.39. The first-order valence-corrected chi connectivity index (χ1v) is 7.49. The van der Waals surface area contributed by atoms with E-state index < -0.39 is 6.29 Å². The van der Waals surface area contributed by atoms with Crippen molar-refractivity contribution in [3.05, 3.63) is 0 Å². The van der Waals surface area contributed by atoms with Crippen LogP contribution in [0.25, 0.3) is 0 Å². The molecule has 0 bridgehead atoms. The molecule has 0 saturated heterocycles. The normalized spacial score (nSPS) is 28.8. The Morgan fingerprint density at radius 1 is 1.06 bits per heavy atom. The summed E-state index contributed by atoms with van der Waals surface area (Å²) in [5.41, 5.74) is 0. The molecule has 17 heavy (non-hydrogen) atoms. The lowest BCUT2D eigenvalue weighted by molar-refractivity contribution is -0.0508. The van der Waals surface area contributed by atoms with Gasteiger partial charge in [-0.15, -0.1) is 0 Å². The molecular formula is C15H30O2. The zero-order valence-corrected chi connectivity index (χ0v) is 11.6. The Balaban J connectivity index is 2.45. The Bertz CT molecular complexity index is 191. The van der Waals surface area contributed by atoms with E-state index in [2.05, 4.69) is 13.8 Å². The van der Waals surface area contributed by atoms with Crippen molar-refractivity contribution in [3.63, 3.8) is 0 Å². The third-order valence-corrected chi connectivity index (χ3v) is 4.46. The topological polar surface area (TPSA) is 40.5 Å². The van der Waals surface area contributed by atoms with Gasteiger partial charge in [-0.05, 0) is 37.0 Å². The minimum atomic E-state index is -1.12. The van der Waals surface area contributed by atoms with Gasteiger partial charge in [0.2, 0.25) is 0 Å². The molecule has 0 spiro atoms. The van der Waals surface area contributed by atoms with Crippen LogP contribution in [0.1, 0.15) is 71.6 Å². The van der Waals surface area contributed by atoms with Crippen LogP contribution in [0.4, 0.5) is 0 Å². The van der Waals surface area contributed by atoms with E-state index in [4.69, 9.17) is 10.2 Å². The molecule has 1 saturated carbocycles. The van der Waals surface area contributed by atoms with Crippen molar-refractivity contribution in [3.8, 4) is 0 Å². The Hall–Kier alpha value is -0.0800. The van der Waals surface area contributed by atoms with E-state index in [-0.39, 0.29) is 0 Å². The van der Waals surface area contributed by atoms with Crippen LogP contribution in [0.3, 0.4) is 0 Å². The average molecular weight is 242 g/mol. The first-order valence-electron chi connectivity index (χ1n) is 7.49. The summed E-state index contributed by atoms with van der Waals surface area (Å²) in [7, 11) is 0. The van der Waals surface area contributed by atoms with E-state index in [0.29, 0.717) is 12.3 Å². The highest BCUT2D eigenvalue weighted by molar-refractivity contribution is 4.74. The maximum absolute atomic E-state index is 9.00. The van der Waals surface area contributed by atoms with Gasteiger partial charge in [0.15, 0.2) is 6.29 Å². The number of aliphatic hydroxyl groups excluding tert-OH is 1. The summed E-state index contributed by atoms with van der Waals surface area (Å²) in [6.45, 7) is 4.63. The Morgan fingerprint density at radius 2 is 1.76 bits per heavy atom. The Kier molecular flexibility index (Phi) is 7.14. The van der Waals surface area contributed by atoms with E-state index in [1.54, 1.807) is 0 Å². The van der Waals surface area contributed by atoms with Gasteiger partial charge >= 0.3 is 0 Å². The SMILES string of the molecule is CCC(CCC(O)O)C1CCCCCC(C)C1. The molecule has 0 amide bonds. The minimum absolute atomic E-state index is 0.545. The summed E-state index contributed by atoms with van der Waals surface area (Å²) in [6, 6.07) is 0. The molecular weight excluding hydrogens is 212 g/mol. The average Bonchev–Trinajstić information content (AvgIpc) is 2.25. The summed E-state index contributed by atoms with van der Waals surface area (Å²) in [4.78, 5) is 0. The van der Waals surface area contributed by atoms with Gasteiger partial charge in [0.05, 0.1) is 0 Å². The van der Waals surface area contributed by atoms with E-state index in [9.17, 15) is 0 Å². The maximum atomic E-state index is 9.00. The van der Waals surface area contributed by atoms with Gasteiger partial charge in [0.25, 0.3) is 0 Å². The van der Waals surface area contributed by atoms with Gasteiger partial charge in [-0.2, -0.15) is 0 Å². The molecule has 0 aromatic rings. The maximum Gasteiger partial charge on any atom is 0.151 e. The molecule has 0 radical (unpaired) electrons. The number of hydrogen-bond acceptors (Lipinski definition) is 2. The lowest BCUT2D eigenvalue weighted by atomic mass is 9.75. The molecule has 102 valence electrons. The zero-order valence-electron chi connectivity index (χ0n) is 11.6. The number of rotatable bonds is 5. The molecule has 2 N–H and O–H groups in total. The smallest absolute Gasteiger partial charge is 0.151 e. The molecule has 0 aliphatic heterocycles. The van der Waals surface area contributed by atoms with Gasteiger partial charge < -0.3 is 10.2 Å². The zero-order chi connectivity index (χ0) is 12.7. The van der Waals surface area contributed by atoms with E-state index >= 15 is 0 Å². The highest BCUT2D eigenvalue weighted by atomic mass is 16.5. The van der Waals surface area contributed by atoms with Gasteiger partial charge in [-0.1, -0.05) is 52.4 Å². The molecule has 1 aliphatic carbocycles. The summed E-state index contributed by atoms with van der Waals surface area (Å²) in [5.74, 6) is 2.36. The fourth-order valence-electron chi connectivity index (χ4n) is 3.39. The number of aliphatic hydroxyl groups is 2. The van der Waals surface area contributed by atoms with Gasteiger partial charge in [0.1, 0.15) is 0 Å². The van der Waals surface area contributed by atoms with Crippen molar-refractivity contribution < 1.29 is 10.2 Å². The predicted molar refractivity (Wildman–Crippen MR) is 71.6 cm³/mol. The standard InChI is InChI=1S/C15H30O2/c1-3-13(9-10-15(16)17)14-8-6-4-5-7-12(2)11-14/h12-17H,3-11H2,1-2H3. The molecule has 1 rings (SSSR count). The van der Waals surface area contributed by atoms with Crippen molar-refractivity contribution in [2.45, 2.75) is 77.9 Å². The lowest BCUT2D eigenvalue weighted by Gasteiger charge is -2.31. The van der Waals surface area contributed by atoms with Crippen molar-refractivity contribution in [1.82, 2.24) is 0 Å². The second kappa shape index (κ2) is 8.10. The van der Waals surface area contributed by atoms with Crippen molar-refractivity contribution in [1.29, 1.82) is 0 Å². The van der Waals surface area contributed by atoms with Gasteiger partial charge in [-0.3, -0.25) is 0 Å². The van der Waals surface area contributed by atoms with Crippen LogP contribution < -0.4 is 0 Å². The van der Waals surface area contributed by atoms with E-state index in [0.717, 1.165) is 18.3 Å². The summed E-state index contributed by atoms with van der Waals surface area (Å²) < 4.78 is 0. The van der Waals surface area contributed by atoms with Gasteiger partial charge in [0, 0.05) is 0 Å². The molecule has 0 aromatic carbocycles. The lowest BCUT2D eigenvalue weighted by Crippen LogP contribution is -2.20. The second-order valence-corrected chi connectivity index (χ2v) is 5.97. The molecule has 0 heterocycles. The van der Waals surface area contributed by atoms with Crippen molar-refractivity contribution >= 4 is 0 Å². The van der Waals surface area contributed by atoms with Crippen LogP contribution in [0.15, 0.2) is 0 Å². The third-order valence-electron chi connectivity index (χ3n) is 4.46. The van der Waals surface area contributed by atoms with E-state index in [1.165, 1.54) is 44.9 Å². The molecule has 3 unspecified atom stereocenters. The highest BCUT2D eigenvalue weighted by Crippen LogP contribution is 2.35. The summed E-state index contributed by atoms with van der Waals surface area (Å²) in [6.07, 6.45) is 9.84. The van der Waals surface area contributed by atoms with E-state index in [1.807, 2.05) is 0 Å². The second-order valence-electron chi connectivity index (χ2n) is 5.97.